The van der Waals surface area contributed by atoms with Crippen LogP contribution in [0.15, 0.2) is 30.3 Å². The Balaban J connectivity index is 2.61. The zero-order valence-corrected chi connectivity index (χ0v) is 11.4. The van der Waals surface area contributed by atoms with E-state index in [1.165, 1.54) is 32.0 Å². The van der Waals surface area contributed by atoms with Crippen LogP contribution in [0.2, 0.25) is 0 Å². The number of carboxylic acids is 1. The second-order valence-electron chi connectivity index (χ2n) is 4.31. The Bertz CT molecular complexity index is 747. The first-order chi connectivity index (χ1) is 9.88. The molecule has 1 N–H and O–H groups in total. The highest BCUT2D eigenvalue weighted by Crippen LogP contribution is 2.30. The summed E-state index contributed by atoms with van der Waals surface area (Å²) in [4.78, 5) is 33.4. The van der Waals surface area contributed by atoms with Crippen molar-refractivity contribution in [3.05, 3.63) is 35.9 Å². The Labute approximate surface area is 119 Å². The van der Waals surface area contributed by atoms with Crippen molar-refractivity contribution in [2.45, 2.75) is 13.8 Å². The fourth-order valence-electron chi connectivity index (χ4n) is 1.98. The minimum atomic E-state index is -1.21. The maximum Gasteiger partial charge on any atom is 0.340 e. The summed E-state index contributed by atoms with van der Waals surface area (Å²) in [6.45, 7) is 2.47. The first-order valence-corrected chi connectivity index (χ1v) is 6.05. The number of carboxylic acid groups (broad SMARTS) is 1. The van der Waals surface area contributed by atoms with Crippen LogP contribution in [-0.2, 0) is 9.59 Å². The second kappa shape index (κ2) is 5.62. The molecule has 0 saturated heterocycles. The molecule has 0 aromatic heterocycles. The summed E-state index contributed by atoms with van der Waals surface area (Å²) in [5.74, 6) is -2.00. The van der Waals surface area contributed by atoms with E-state index in [0.29, 0.717) is 16.5 Å². The molecule has 0 amide bonds. The van der Waals surface area contributed by atoms with Crippen molar-refractivity contribution in [1.29, 1.82) is 0 Å². The molecule has 0 bridgehead atoms. The zero-order chi connectivity index (χ0) is 15.6. The van der Waals surface area contributed by atoms with E-state index in [1.54, 1.807) is 12.1 Å². The third-order valence-electron chi connectivity index (χ3n) is 2.68. The lowest BCUT2D eigenvalue weighted by atomic mass is 10.0. The molecule has 0 unspecified atom stereocenters. The van der Waals surface area contributed by atoms with Gasteiger partial charge in [-0.25, -0.2) is 4.79 Å². The minimum Gasteiger partial charge on any atom is -0.478 e. The van der Waals surface area contributed by atoms with Gasteiger partial charge in [0.2, 0.25) is 0 Å². The van der Waals surface area contributed by atoms with Gasteiger partial charge in [-0.05, 0) is 29.7 Å². The number of fused-ring (bicyclic) bond motifs is 1. The van der Waals surface area contributed by atoms with Crippen LogP contribution in [0.3, 0.4) is 0 Å². The molecule has 2 aromatic carbocycles. The number of carbonyl (C=O) groups is 3. The van der Waals surface area contributed by atoms with Crippen molar-refractivity contribution in [2.24, 2.45) is 0 Å². The van der Waals surface area contributed by atoms with E-state index in [-0.39, 0.29) is 11.3 Å². The smallest absolute Gasteiger partial charge is 0.340 e. The van der Waals surface area contributed by atoms with Gasteiger partial charge >= 0.3 is 17.9 Å². The SMILES string of the molecule is CC(=O)Oc1ccc2c(C(=O)O)c(OC(C)=O)ccc2c1. The van der Waals surface area contributed by atoms with Crippen molar-refractivity contribution in [1.82, 2.24) is 0 Å². The standard InChI is InChI=1S/C15H12O6/c1-8(16)20-11-4-5-12-10(7-11)3-6-13(21-9(2)17)14(12)15(18)19/h3-7H,1-2H3,(H,18,19). The molecular weight excluding hydrogens is 276 g/mol. The average molecular weight is 288 g/mol. The molecule has 6 nitrogen and oxygen atoms in total. The van der Waals surface area contributed by atoms with Crippen LogP contribution in [-0.4, -0.2) is 23.0 Å². The van der Waals surface area contributed by atoms with Gasteiger partial charge < -0.3 is 14.6 Å². The van der Waals surface area contributed by atoms with E-state index in [2.05, 4.69) is 0 Å². The first-order valence-electron chi connectivity index (χ1n) is 6.05. The highest BCUT2D eigenvalue weighted by molar-refractivity contribution is 6.07. The van der Waals surface area contributed by atoms with Crippen LogP contribution in [0, 0.1) is 0 Å². The highest BCUT2D eigenvalue weighted by atomic mass is 16.5. The van der Waals surface area contributed by atoms with Crippen LogP contribution < -0.4 is 9.47 Å². The molecule has 0 radical (unpaired) electrons. The van der Waals surface area contributed by atoms with Crippen molar-refractivity contribution in [2.75, 3.05) is 0 Å². The predicted octanol–water partition coefficient (Wildman–Crippen LogP) is 2.39. The Hall–Kier alpha value is -2.89. The maximum atomic E-state index is 11.4. The van der Waals surface area contributed by atoms with Crippen molar-refractivity contribution >= 4 is 28.7 Å². The Kier molecular flexibility index (Phi) is 3.89. The van der Waals surface area contributed by atoms with Crippen molar-refractivity contribution in [3.63, 3.8) is 0 Å². The average Bonchev–Trinajstić information content (AvgIpc) is 2.36. The van der Waals surface area contributed by atoms with E-state index in [1.807, 2.05) is 0 Å². The predicted molar refractivity (Wildman–Crippen MR) is 73.5 cm³/mol. The molecule has 0 atom stereocenters. The molecule has 2 aromatic rings. The number of hydrogen-bond acceptors (Lipinski definition) is 5. The molecule has 0 aliphatic heterocycles. The minimum absolute atomic E-state index is 0.0252. The van der Waals surface area contributed by atoms with E-state index in [4.69, 9.17) is 9.47 Å². The summed E-state index contributed by atoms with van der Waals surface area (Å²) in [5.41, 5.74) is -0.114. The Morgan fingerprint density at radius 3 is 2.19 bits per heavy atom. The quantitative estimate of drug-likeness (QED) is 0.689. The topological polar surface area (TPSA) is 89.9 Å². The van der Waals surface area contributed by atoms with Gasteiger partial charge in [-0.1, -0.05) is 6.07 Å². The third-order valence-corrected chi connectivity index (χ3v) is 2.68. The van der Waals surface area contributed by atoms with Gasteiger partial charge in [0.25, 0.3) is 0 Å². The fraction of sp³-hybridized carbons (Fsp3) is 0.133. The number of carbonyl (C=O) groups excluding carboxylic acids is 2. The number of esters is 2. The molecular formula is C15H12O6. The maximum absolute atomic E-state index is 11.4. The summed E-state index contributed by atoms with van der Waals surface area (Å²) in [7, 11) is 0. The molecule has 0 fully saturated rings. The summed E-state index contributed by atoms with van der Waals surface area (Å²) < 4.78 is 9.85. The van der Waals surface area contributed by atoms with E-state index >= 15 is 0 Å². The van der Waals surface area contributed by atoms with Crippen LogP contribution in [0.4, 0.5) is 0 Å². The van der Waals surface area contributed by atoms with Crippen LogP contribution >= 0.6 is 0 Å². The number of rotatable bonds is 3. The van der Waals surface area contributed by atoms with Gasteiger partial charge in [0, 0.05) is 19.2 Å². The van der Waals surface area contributed by atoms with Gasteiger partial charge in [-0.2, -0.15) is 0 Å². The second-order valence-corrected chi connectivity index (χ2v) is 4.31. The van der Waals surface area contributed by atoms with Gasteiger partial charge in [0.1, 0.15) is 17.1 Å². The van der Waals surface area contributed by atoms with Crippen molar-refractivity contribution < 1.29 is 29.0 Å². The van der Waals surface area contributed by atoms with Gasteiger partial charge in [0.15, 0.2) is 0 Å². The molecule has 0 heterocycles. The monoisotopic (exact) mass is 288 g/mol. The third kappa shape index (κ3) is 3.17. The molecule has 108 valence electrons. The summed E-state index contributed by atoms with van der Waals surface area (Å²) in [6, 6.07) is 7.51. The van der Waals surface area contributed by atoms with E-state index in [9.17, 15) is 19.5 Å². The summed E-state index contributed by atoms with van der Waals surface area (Å²) in [6.07, 6.45) is 0. The molecule has 6 heteroatoms. The van der Waals surface area contributed by atoms with Crippen molar-refractivity contribution in [3.8, 4) is 11.5 Å². The normalized spacial score (nSPS) is 10.2. The lowest BCUT2D eigenvalue weighted by Crippen LogP contribution is -2.08. The highest BCUT2D eigenvalue weighted by Gasteiger charge is 2.17. The number of hydrogen-bond donors (Lipinski definition) is 1. The number of benzene rings is 2. The van der Waals surface area contributed by atoms with Gasteiger partial charge in [0.05, 0.1) is 0 Å². The molecule has 2 rings (SSSR count). The van der Waals surface area contributed by atoms with E-state index < -0.39 is 17.9 Å². The number of aromatic carboxylic acids is 1. The molecule has 0 aliphatic rings. The summed E-state index contributed by atoms with van der Waals surface area (Å²) >= 11 is 0. The largest absolute Gasteiger partial charge is 0.478 e. The molecule has 0 aliphatic carbocycles. The molecule has 0 saturated carbocycles. The fourth-order valence-corrected chi connectivity index (χ4v) is 1.98. The zero-order valence-electron chi connectivity index (χ0n) is 11.4. The number of ether oxygens (including phenoxy) is 2. The van der Waals surface area contributed by atoms with E-state index in [0.717, 1.165) is 0 Å². The Morgan fingerprint density at radius 2 is 1.62 bits per heavy atom. The lowest BCUT2D eigenvalue weighted by Gasteiger charge is -2.10. The molecule has 21 heavy (non-hydrogen) atoms. The lowest BCUT2D eigenvalue weighted by molar-refractivity contribution is -0.132. The summed E-state index contributed by atoms with van der Waals surface area (Å²) in [5, 5.41) is 10.3. The van der Waals surface area contributed by atoms with Crippen LogP contribution in [0.25, 0.3) is 10.8 Å². The van der Waals surface area contributed by atoms with Crippen LogP contribution in [0.5, 0.6) is 11.5 Å². The van der Waals surface area contributed by atoms with Gasteiger partial charge in [-0.3, -0.25) is 9.59 Å². The first kappa shape index (κ1) is 14.5. The van der Waals surface area contributed by atoms with Gasteiger partial charge in [-0.15, -0.1) is 0 Å². The Morgan fingerprint density at radius 1 is 0.952 bits per heavy atom. The van der Waals surface area contributed by atoms with Crippen LogP contribution in [0.1, 0.15) is 24.2 Å². The molecule has 0 spiro atoms.